The zero-order valence-corrected chi connectivity index (χ0v) is 23.8. The topological polar surface area (TPSA) is 110 Å². The fourth-order valence-corrected chi connectivity index (χ4v) is 7.60. The van der Waals surface area contributed by atoms with E-state index >= 15 is 4.39 Å². The van der Waals surface area contributed by atoms with Gasteiger partial charge in [0, 0.05) is 42.6 Å². The first-order valence-electron chi connectivity index (χ1n) is 13.8. The predicted octanol–water partition coefficient (Wildman–Crippen LogP) is 4.75. The predicted molar refractivity (Wildman–Crippen MR) is 156 cm³/mol. The number of amides is 1. The number of halogens is 3. The summed E-state index contributed by atoms with van der Waals surface area (Å²) in [6.45, 7) is 3.80. The Balaban J connectivity index is 1.37. The van der Waals surface area contributed by atoms with Crippen LogP contribution in [0.1, 0.15) is 32.1 Å². The van der Waals surface area contributed by atoms with Crippen LogP contribution in [0.3, 0.4) is 0 Å². The second-order valence-corrected chi connectivity index (χ2v) is 12.3. The van der Waals surface area contributed by atoms with E-state index in [9.17, 15) is 9.18 Å². The molecule has 0 atom stereocenters. The molecular weight excluding hydrogens is 572 g/mol. The van der Waals surface area contributed by atoms with Gasteiger partial charge < -0.3 is 20.7 Å². The number of ether oxygens (including phenoxy) is 1. The SMILES string of the molecule is Nc1nc2c(-c3c(Cl)cc4c(N5CCNC(=O)CC5)nc(OCC56CCCN5CCC6)nc4c3F)ccc(F)c2s1. The van der Waals surface area contributed by atoms with Gasteiger partial charge in [-0.1, -0.05) is 22.9 Å². The molecule has 41 heavy (non-hydrogen) atoms. The van der Waals surface area contributed by atoms with E-state index < -0.39 is 11.6 Å². The molecule has 3 aliphatic rings. The van der Waals surface area contributed by atoms with Crippen LogP contribution in [0.4, 0.5) is 19.7 Å². The molecule has 0 unspecified atom stereocenters. The molecule has 0 bridgehead atoms. The number of rotatable bonds is 5. The molecule has 3 saturated heterocycles. The van der Waals surface area contributed by atoms with Crippen LogP contribution in [0.15, 0.2) is 18.2 Å². The van der Waals surface area contributed by atoms with Crippen molar-refractivity contribution in [2.45, 2.75) is 37.6 Å². The van der Waals surface area contributed by atoms with Crippen molar-refractivity contribution in [2.24, 2.45) is 0 Å². The van der Waals surface area contributed by atoms with Crippen LogP contribution in [0.2, 0.25) is 5.02 Å². The zero-order valence-electron chi connectivity index (χ0n) is 22.2. The van der Waals surface area contributed by atoms with E-state index in [1.165, 1.54) is 12.1 Å². The van der Waals surface area contributed by atoms with Crippen molar-refractivity contribution in [3.05, 3.63) is 34.9 Å². The van der Waals surface area contributed by atoms with Crippen molar-refractivity contribution < 1.29 is 18.3 Å². The molecule has 2 aromatic carbocycles. The lowest BCUT2D eigenvalue weighted by Crippen LogP contribution is -2.43. The molecule has 9 nitrogen and oxygen atoms in total. The van der Waals surface area contributed by atoms with Crippen LogP contribution >= 0.6 is 22.9 Å². The van der Waals surface area contributed by atoms with Gasteiger partial charge >= 0.3 is 6.01 Å². The Morgan fingerprint density at radius 3 is 2.71 bits per heavy atom. The Morgan fingerprint density at radius 1 is 1.10 bits per heavy atom. The molecule has 5 heterocycles. The van der Waals surface area contributed by atoms with E-state index in [0.717, 1.165) is 50.1 Å². The normalized spacial score (nSPS) is 19.1. The lowest BCUT2D eigenvalue weighted by atomic mass is 9.95. The van der Waals surface area contributed by atoms with Crippen molar-refractivity contribution in [3.8, 4) is 17.1 Å². The number of nitrogens with zero attached hydrogens (tertiary/aromatic N) is 5. The van der Waals surface area contributed by atoms with Gasteiger partial charge in [-0.25, -0.2) is 13.8 Å². The average Bonchev–Trinajstić information content (AvgIpc) is 3.60. The largest absolute Gasteiger partial charge is 0.461 e. The van der Waals surface area contributed by atoms with Crippen molar-refractivity contribution in [3.63, 3.8) is 0 Å². The van der Waals surface area contributed by atoms with Gasteiger partial charge in [0.2, 0.25) is 5.91 Å². The number of anilines is 2. The van der Waals surface area contributed by atoms with Crippen molar-refractivity contribution in [1.82, 2.24) is 25.2 Å². The molecule has 0 spiro atoms. The van der Waals surface area contributed by atoms with Gasteiger partial charge in [0.25, 0.3) is 0 Å². The number of nitrogens with one attached hydrogen (secondary N) is 1. The highest BCUT2D eigenvalue weighted by Crippen LogP contribution is 2.43. The molecule has 3 N–H and O–H groups in total. The van der Waals surface area contributed by atoms with Gasteiger partial charge in [0.05, 0.1) is 20.8 Å². The monoisotopic (exact) mass is 599 g/mol. The highest BCUT2D eigenvalue weighted by molar-refractivity contribution is 7.22. The first-order valence-corrected chi connectivity index (χ1v) is 15.0. The average molecular weight is 600 g/mol. The molecule has 2 aromatic heterocycles. The van der Waals surface area contributed by atoms with E-state index in [2.05, 4.69) is 20.2 Å². The Morgan fingerprint density at radius 2 is 1.90 bits per heavy atom. The molecule has 3 fully saturated rings. The minimum Gasteiger partial charge on any atom is -0.461 e. The summed E-state index contributed by atoms with van der Waals surface area (Å²) in [6, 6.07) is 4.39. The third-order valence-electron chi connectivity index (χ3n) is 8.52. The summed E-state index contributed by atoms with van der Waals surface area (Å²) in [5.41, 5.74) is 6.46. The van der Waals surface area contributed by atoms with Gasteiger partial charge in [0.1, 0.15) is 23.8 Å². The molecule has 3 aliphatic heterocycles. The second-order valence-electron chi connectivity index (χ2n) is 10.9. The fourth-order valence-electron chi connectivity index (χ4n) is 6.54. The van der Waals surface area contributed by atoms with E-state index in [1.54, 1.807) is 6.07 Å². The summed E-state index contributed by atoms with van der Waals surface area (Å²) < 4.78 is 37.6. The van der Waals surface area contributed by atoms with Crippen molar-refractivity contribution in [2.75, 3.05) is 50.0 Å². The van der Waals surface area contributed by atoms with Gasteiger partial charge in [-0.05, 0) is 57.0 Å². The summed E-state index contributed by atoms with van der Waals surface area (Å²) in [4.78, 5) is 30.0. The maximum Gasteiger partial charge on any atom is 0.319 e. The Bertz CT molecular complexity index is 1690. The van der Waals surface area contributed by atoms with Crippen molar-refractivity contribution in [1.29, 1.82) is 0 Å². The zero-order chi connectivity index (χ0) is 28.3. The number of benzene rings is 2. The molecule has 7 rings (SSSR count). The first kappa shape index (κ1) is 26.5. The summed E-state index contributed by atoms with van der Waals surface area (Å²) >= 11 is 7.73. The lowest BCUT2D eigenvalue weighted by Gasteiger charge is -2.31. The highest BCUT2D eigenvalue weighted by Gasteiger charge is 2.45. The van der Waals surface area contributed by atoms with Gasteiger partial charge in [-0.3, -0.25) is 9.69 Å². The minimum absolute atomic E-state index is 0.0285. The number of carbonyl (C=O) groups excluding carboxylic acids is 1. The number of nitrogen functional groups attached to an aromatic ring is 1. The molecule has 0 saturated carbocycles. The minimum atomic E-state index is -0.689. The highest BCUT2D eigenvalue weighted by atomic mass is 35.5. The van der Waals surface area contributed by atoms with Gasteiger partial charge in [0.15, 0.2) is 10.9 Å². The van der Waals surface area contributed by atoms with Crippen molar-refractivity contribution >= 4 is 60.9 Å². The number of fused-ring (bicyclic) bond motifs is 3. The smallest absolute Gasteiger partial charge is 0.319 e. The number of hydrogen-bond acceptors (Lipinski definition) is 9. The second kappa shape index (κ2) is 10.2. The maximum atomic E-state index is 16.6. The van der Waals surface area contributed by atoms with Crippen LogP contribution < -0.4 is 20.7 Å². The van der Waals surface area contributed by atoms with Crippen LogP contribution in [0, 0.1) is 11.6 Å². The number of nitrogens with two attached hydrogens (primary N) is 1. The third kappa shape index (κ3) is 4.52. The molecular formula is C28H28ClF2N7O2S. The van der Waals surface area contributed by atoms with Crippen LogP contribution in [0.5, 0.6) is 6.01 Å². The Labute approximate surface area is 243 Å². The van der Waals surface area contributed by atoms with Gasteiger partial charge in [-0.15, -0.1) is 0 Å². The summed E-state index contributed by atoms with van der Waals surface area (Å²) in [6.07, 6.45) is 4.59. The molecule has 0 radical (unpaired) electrons. The van der Waals surface area contributed by atoms with E-state index in [4.69, 9.17) is 27.1 Å². The molecule has 1 amide bonds. The quantitative estimate of drug-likeness (QED) is 0.338. The first-order chi connectivity index (χ1) is 19.8. The Hall–Kier alpha value is -3.35. The molecule has 13 heteroatoms. The summed E-state index contributed by atoms with van der Waals surface area (Å²) in [5, 5.41) is 3.53. The van der Waals surface area contributed by atoms with E-state index in [-0.39, 0.29) is 55.3 Å². The molecule has 4 aromatic rings. The fraction of sp³-hybridized carbons (Fsp3) is 0.429. The number of hydrogen-bond donors (Lipinski definition) is 2. The van der Waals surface area contributed by atoms with Crippen LogP contribution in [0.25, 0.3) is 32.2 Å². The summed E-state index contributed by atoms with van der Waals surface area (Å²) in [5.74, 6) is -0.792. The number of thiazole rings is 1. The summed E-state index contributed by atoms with van der Waals surface area (Å²) in [7, 11) is 0. The third-order valence-corrected chi connectivity index (χ3v) is 9.71. The standard InChI is InChI=1S/C28H28ClF2N7O2S/c29-17-13-16-22(21(31)20(17)15-3-4-18(30)24-23(15)34-26(32)41-24)35-27(36-25(16)37-11-5-19(39)33-8-12-37)40-14-28-6-1-9-38(28)10-2-7-28/h3-4,13H,1-2,5-12,14H2,(H2,32,34)(H,33,39). The maximum absolute atomic E-state index is 16.6. The molecule has 214 valence electrons. The van der Waals surface area contributed by atoms with Crippen LogP contribution in [-0.2, 0) is 4.79 Å². The Kier molecular flexibility index (Phi) is 6.59. The van der Waals surface area contributed by atoms with E-state index in [0.29, 0.717) is 43.0 Å². The van der Waals surface area contributed by atoms with Crippen LogP contribution in [-0.4, -0.2) is 70.6 Å². The lowest BCUT2D eigenvalue weighted by molar-refractivity contribution is -0.120. The van der Waals surface area contributed by atoms with E-state index in [1.807, 2.05) is 4.90 Å². The molecule has 0 aliphatic carbocycles. The number of aromatic nitrogens is 3. The van der Waals surface area contributed by atoms with Gasteiger partial charge in [-0.2, -0.15) is 9.97 Å². The number of carbonyl (C=O) groups is 1.